The molecule has 0 radical (unpaired) electrons. The second-order valence-electron chi connectivity index (χ2n) is 5.21. The molecule has 20 heavy (non-hydrogen) atoms. The Balaban J connectivity index is 0.00000361. The Morgan fingerprint density at radius 3 is 2.15 bits per heavy atom. The summed E-state index contributed by atoms with van der Waals surface area (Å²) in [5, 5.41) is 3.29. The number of piperidine rings is 1. The Labute approximate surface area is 128 Å². The van der Waals surface area contributed by atoms with E-state index < -0.39 is 0 Å². The average Bonchev–Trinajstić information content (AvgIpc) is 2.41. The van der Waals surface area contributed by atoms with Gasteiger partial charge in [-0.15, -0.1) is 12.4 Å². The Kier molecular flexibility index (Phi) is 9.59. The van der Waals surface area contributed by atoms with Gasteiger partial charge in [-0.05, 0) is 45.7 Å². The molecule has 0 saturated carbocycles. The first-order chi connectivity index (χ1) is 9.08. The first-order valence-corrected chi connectivity index (χ1v) is 7.30. The molecule has 0 bridgehead atoms. The summed E-state index contributed by atoms with van der Waals surface area (Å²) in [6, 6.07) is 0. The van der Waals surface area contributed by atoms with Crippen LogP contribution in [-0.2, 0) is 9.59 Å². The van der Waals surface area contributed by atoms with Gasteiger partial charge in [0.2, 0.25) is 11.8 Å². The Bertz CT molecular complexity index is 303. The minimum Gasteiger partial charge on any atom is -0.342 e. The van der Waals surface area contributed by atoms with Crippen molar-refractivity contribution >= 4 is 24.2 Å². The molecule has 0 aromatic heterocycles. The fourth-order valence-corrected chi connectivity index (χ4v) is 2.46. The van der Waals surface area contributed by atoms with E-state index in [2.05, 4.69) is 5.32 Å². The SMILES string of the molecule is CCN(CC)C(=O)CN(C)C(=O)CC1CCNCC1.Cl. The summed E-state index contributed by atoms with van der Waals surface area (Å²) in [5.41, 5.74) is 0. The smallest absolute Gasteiger partial charge is 0.242 e. The first-order valence-electron chi connectivity index (χ1n) is 7.30. The second kappa shape index (κ2) is 10.00. The third kappa shape index (κ3) is 6.09. The van der Waals surface area contributed by atoms with Gasteiger partial charge in [-0.1, -0.05) is 0 Å². The molecule has 1 aliphatic rings. The molecule has 6 heteroatoms. The number of hydrogen-bond donors (Lipinski definition) is 1. The predicted octanol–water partition coefficient (Wildman–Crippen LogP) is 1.12. The van der Waals surface area contributed by atoms with Crippen molar-refractivity contribution in [2.75, 3.05) is 39.8 Å². The van der Waals surface area contributed by atoms with Gasteiger partial charge in [0.25, 0.3) is 0 Å². The van der Waals surface area contributed by atoms with Crippen molar-refractivity contribution in [3.05, 3.63) is 0 Å². The Hall–Kier alpha value is -0.810. The van der Waals surface area contributed by atoms with Crippen LogP contribution in [0.15, 0.2) is 0 Å². The Morgan fingerprint density at radius 1 is 1.10 bits per heavy atom. The monoisotopic (exact) mass is 305 g/mol. The maximum atomic E-state index is 12.1. The van der Waals surface area contributed by atoms with E-state index in [1.165, 1.54) is 0 Å². The molecule has 0 unspecified atom stereocenters. The van der Waals surface area contributed by atoms with Gasteiger partial charge in [0.05, 0.1) is 6.54 Å². The molecule has 1 rings (SSSR count). The number of nitrogens with one attached hydrogen (secondary N) is 1. The molecule has 0 aromatic rings. The second-order valence-corrected chi connectivity index (χ2v) is 5.21. The van der Waals surface area contributed by atoms with Gasteiger partial charge in [-0.3, -0.25) is 9.59 Å². The van der Waals surface area contributed by atoms with Crippen molar-refractivity contribution in [1.29, 1.82) is 0 Å². The highest BCUT2D eigenvalue weighted by molar-refractivity contribution is 5.85. The number of halogens is 1. The van der Waals surface area contributed by atoms with Crippen LogP contribution < -0.4 is 5.32 Å². The summed E-state index contributed by atoms with van der Waals surface area (Å²) in [4.78, 5) is 27.3. The topological polar surface area (TPSA) is 52.7 Å². The van der Waals surface area contributed by atoms with Crippen molar-refractivity contribution in [2.24, 2.45) is 5.92 Å². The highest BCUT2D eigenvalue weighted by atomic mass is 35.5. The molecule has 1 heterocycles. The molecule has 0 aliphatic carbocycles. The highest BCUT2D eigenvalue weighted by Crippen LogP contribution is 2.16. The number of carbonyl (C=O) groups is 2. The van der Waals surface area contributed by atoms with E-state index in [1.54, 1.807) is 16.8 Å². The van der Waals surface area contributed by atoms with E-state index in [0.29, 0.717) is 25.4 Å². The van der Waals surface area contributed by atoms with Crippen molar-refractivity contribution < 1.29 is 9.59 Å². The standard InChI is InChI=1S/C14H27N3O2.ClH/c1-4-17(5-2)14(19)11-16(3)13(18)10-12-6-8-15-9-7-12;/h12,15H,4-11H2,1-3H3;1H. The minimum atomic E-state index is 0. The maximum Gasteiger partial charge on any atom is 0.242 e. The molecule has 0 spiro atoms. The molecule has 1 N–H and O–H groups in total. The van der Waals surface area contributed by atoms with Crippen molar-refractivity contribution in [3.8, 4) is 0 Å². The van der Waals surface area contributed by atoms with Crippen molar-refractivity contribution in [3.63, 3.8) is 0 Å². The lowest BCUT2D eigenvalue weighted by Crippen LogP contribution is -2.41. The van der Waals surface area contributed by atoms with Crippen LogP contribution in [0.2, 0.25) is 0 Å². The van der Waals surface area contributed by atoms with Gasteiger partial charge < -0.3 is 15.1 Å². The summed E-state index contributed by atoms with van der Waals surface area (Å²) >= 11 is 0. The number of carbonyl (C=O) groups excluding carboxylic acids is 2. The van der Waals surface area contributed by atoms with Gasteiger partial charge >= 0.3 is 0 Å². The molecular weight excluding hydrogens is 278 g/mol. The maximum absolute atomic E-state index is 12.1. The van der Waals surface area contributed by atoms with Crippen LogP contribution in [0.5, 0.6) is 0 Å². The van der Waals surface area contributed by atoms with Gasteiger partial charge in [-0.2, -0.15) is 0 Å². The number of rotatable bonds is 6. The third-order valence-corrected chi connectivity index (χ3v) is 3.84. The van der Waals surface area contributed by atoms with Crippen molar-refractivity contribution in [1.82, 2.24) is 15.1 Å². The molecule has 1 aliphatic heterocycles. The zero-order valence-electron chi connectivity index (χ0n) is 12.9. The number of nitrogens with zero attached hydrogens (tertiary/aromatic N) is 2. The zero-order valence-corrected chi connectivity index (χ0v) is 13.7. The van der Waals surface area contributed by atoms with E-state index in [1.807, 2.05) is 13.8 Å². The highest BCUT2D eigenvalue weighted by Gasteiger charge is 2.21. The van der Waals surface area contributed by atoms with Crippen LogP contribution in [-0.4, -0.2) is 61.4 Å². The summed E-state index contributed by atoms with van der Waals surface area (Å²) in [6.45, 7) is 7.51. The number of hydrogen-bond acceptors (Lipinski definition) is 3. The van der Waals surface area contributed by atoms with Gasteiger partial charge in [0.15, 0.2) is 0 Å². The largest absolute Gasteiger partial charge is 0.342 e. The molecule has 118 valence electrons. The molecular formula is C14H28ClN3O2. The first kappa shape index (κ1) is 19.2. The van der Waals surface area contributed by atoms with E-state index in [4.69, 9.17) is 0 Å². The molecule has 5 nitrogen and oxygen atoms in total. The van der Waals surface area contributed by atoms with Gasteiger partial charge in [-0.25, -0.2) is 0 Å². The van der Waals surface area contributed by atoms with Crippen LogP contribution in [0.25, 0.3) is 0 Å². The van der Waals surface area contributed by atoms with Crippen LogP contribution >= 0.6 is 12.4 Å². The summed E-state index contributed by atoms with van der Waals surface area (Å²) in [5.74, 6) is 0.596. The van der Waals surface area contributed by atoms with Crippen LogP contribution in [0.4, 0.5) is 0 Å². The Morgan fingerprint density at radius 2 is 1.65 bits per heavy atom. The number of amides is 2. The number of likely N-dealkylation sites (N-methyl/N-ethyl adjacent to an activating group) is 2. The third-order valence-electron chi connectivity index (χ3n) is 3.84. The molecule has 1 fully saturated rings. The molecule has 0 atom stereocenters. The zero-order chi connectivity index (χ0) is 14.3. The van der Waals surface area contributed by atoms with Gasteiger partial charge in [0, 0.05) is 26.6 Å². The summed E-state index contributed by atoms with van der Waals surface area (Å²) < 4.78 is 0. The fourth-order valence-electron chi connectivity index (χ4n) is 2.46. The van der Waals surface area contributed by atoms with E-state index in [0.717, 1.165) is 25.9 Å². The fraction of sp³-hybridized carbons (Fsp3) is 0.857. The van der Waals surface area contributed by atoms with Crippen LogP contribution in [0.3, 0.4) is 0 Å². The minimum absolute atomic E-state index is 0. The van der Waals surface area contributed by atoms with Crippen LogP contribution in [0.1, 0.15) is 33.1 Å². The molecule has 0 aromatic carbocycles. The lowest BCUT2D eigenvalue weighted by molar-refractivity contribution is -0.139. The van der Waals surface area contributed by atoms with Gasteiger partial charge in [0.1, 0.15) is 0 Å². The van der Waals surface area contributed by atoms with E-state index >= 15 is 0 Å². The lowest BCUT2D eigenvalue weighted by Gasteiger charge is -2.26. The van der Waals surface area contributed by atoms with E-state index in [9.17, 15) is 9.59 Å². The summed E-state index contributed by atoms with van der Waals surface area (Å²) in [6.07, 6.45) is 2.69. The summed E-state index contributed by atoms with van der Waals surface area (Å²) in [7, 11) is 1.73. The average molecular weight is 306 g/mol. The van der Waals surface area contributed by atoms with Crippen LogP contribution in [0, 0.1) is 5.92 Å². The van der Waals surface area contributed by atoms with Crippen molar-refractivity contribution in [2.45, 2.75) is 33.1 Å². The lowest BCUT2D eigenvalue weighted by atomic mass is 9.94. The van der Waals surface area contributed by atoms with E-state index in [-0.39, 0.29) is 30.8 Å². The quantitative estimate of drug-likeness (QED) is 0.800. The predicted molar refractivity (Wildman–Crippen MR) is 83.0 cm³/mol. The molecule has 2 amide bonds. The normalized spacial score (nSPS) is 15.3. The molecule has 1 saturated heterocycles.